The number of hydrogen-bond donors (Lipinski definition) is 1. The maximum atomic E-state index is 13.8. The first-order valence-corrected chi connectivity index (χ1v) is 9.85. The SMILES string of the molecule is CSCc1cc(C(=O)N2C[C@@H](CN)[C@H](c3ccccc3)C2)ccc1F. The highest BCUT2D eigenvalue weighted by molar-refractivity contribution is 7.97. The van der Waals surface area contributed by atoms with Gasteiger partial charge in [0.25, 0.3) is 5.91 Å². The minimum absolute atomic E-state index is 0.0424. The number of nitrogens with two attached hydrogens (primary N) is 1. The number of amides is 1. The molecule has 3 nitrogen and oxygen atoms in total. The van der Waals surface area contributed by atoms with Crippen molar-refractivity contribution >= 4 is 17.7 Å². The second-order valence-electron chi connectivity index (χ2n) is 6.46. The van der Waals surface area contributed by atoms with Crippen molar-refractivity contribution < 1.29 is 9.18 Å². The molecule has 0 radical (unpaired) electrons. The Hall–Kier alpha value is -1.85. The number of hydrogen-bond acceptors (Lipinski definition) is 3. The molecular weight excluding hydrogens is 335 g/mol. The van der Waals surface area contributed by atoms with Crippen molar-refractivity contribution in [3.63, 3.8) is 0 Å². The Morgan fingerprint density at radius 3 is 2.68 bits per heavy atom. The topological polar surface area (TPSA) is 46.3 Å². The number of carbonyl (C=O) groups is 1. The van der Waals surface area contributed by atoms with Gasteiger partial charge in [-0.2, -0.15) is 11.8 Å². The molecule has 25 heavy (non-hydrogen) atoms. The van der Waals surface area contributed by atoms with Crippen LogP contribution in [0.5, 0.6) is 0 Å². The van der Waals surface area contributed by atoms with Gasteiger partial charge in [-0.05, 0) is 48.0 Å². The van der Waals surface area contributed by atoms with Gasteiger partial charge in [-0.3, -0.25) is 4.79 Å². The van der Waals surface area contributed by atoms with Crippen molar-refractivity contribution in [1.29, 1.82) is 0 Å². The summed E-state index contributed by atoms with van der Waals surface area (Å²) in [6.45, 7) is 1.84. The summed E-state index contributed by atoms with van der Waals surface area (Å²) < 4.78 is 13.8. The van der Waals surface area contributed by atoms with Crippen LogP contribution >= 0.6 is 11.8 Å². The Morgan fingerprint density at radius 1 is 1.24 bits per heavy atom. The van der Waals surface area contributed by atoms with E-state index in [0.717, 1.165) is 0 Å². The molecule has 2 aromatic carbocycles. The van der Waals surface area contributed by atoms with Gasteiger partial charge in [0.15, 0.2) is 0 Å². The van der Waals surface area contributed by atoms with Gasteiger partial charge in [0.1, 0.15) is 5.82 Å². The van der Waals surface area contributed by atoms with Crippen molar-refractivity contribution in [3.8, 4) is 0 Å². The zero-order chi connectivity index (χ0) is 17.8. The average Bonchev–Trinajstić information content (AvgIpc) is 3.08. The van der Waals surface area contributed by atoms with E-state index >= 15 is 0 Å². The minimum atomic E-state index is -0.255. The van der Waals surface area contributed by atoms with E-state index in [9.17, 15) is 9.18 Å². The van der Waals surface area contributed by atoms with Crippen molar-refractivity contribution in [2.75, 3.05) is 25.9 Å². The summed E-state index contributed by atoms with van der Waals surface area (Å²) >= 11 is 1.54. The highest BCUT2D eigenvalue weighted by Crippen LogP contribution is 2.33. The molecule has 132 valence electrons. The summed E-state index contributed by atoms with van der Waals surface area (Å²) in [7, 11) is 0. The van der Waals surface area contributed by atoms with Crippen molar-refractivity contribution in [2.24, 2.45) is 11.7 Å². The molecule has 0 spiro atoms. The molecule has 0 aliphatic carbocycles. The van der Waals surface area contributed by atoms with E-state index in [-0.39, 0.29) is 23.6 Å². The van der Waals surface area contributed by atoms with Gasteiger partial charge < -0.3 is 10.6 Å². The summed E-state index contributed by atoms with van der Waals surface area (Å²) in [5.41, 5.74) is 8.30. The fraction of sp³-hybridized carbons (Fsp3) is 0.350. The number of nitrogens with zero attached hydrogens (tertiary/aromatic N) is 1. The van der Waals surface area contributed by atoms with Crippen LogP contribution in [-0.4, -0.2) is 36.7 Å². The Bertz CT molecular complexity index is 738. The smallest absolute Gasteiger partial charge is 0.253 e. The standard InChI is InChI=1S/C20H23FN2OS/c1-25-13-16-9-15(7-8-19(16)21)20(24)23-11-17(10-22)18(12-23)14-5-3-2-4-6-14/h2-9,17-18H,10-13,22H2,1H3/t17-,18+/m1/s1. The van der Waals surface area contributed by atoms with Gasteiger partial charge in [-0.25, -0.2) is 4.39 Å². The van der Waals surface area contributed by atoms with Crippen molar-refractivity contribution in [2.45, 2.75) is 11.7 Å². The van der Waals surface area contributed by atoms with Crippen LogP contribution in [0.2, 0.25) is 0 Å². The summed E-state index contributed by atoms with van der Waals surface area (Å²) in [5, 5.41) is 0. The Labute approximate surface area is 152 Å². The van der Waals surface area contributed by atoms with Gasteiger partial charge in [-0.1, -0.05) is 30.3 Å². The predicted octanol–water partition coefficient (Wildman–Crippen LogP) is 3.50. The van der Waals surface area contributed by atoms with Gasteiger partial charge in [0.05, 0.1) is 0 Å². The zero-order valence-corrected chi connectivity index (χ0v) is 15.1. The van der Waals surface area contributed by atoms with E-state index in [4.69, 9.17) is 5.73 Å². The molecule has 2 N–H and O–H groups in total. The lowest BCUT2D eigenvalue weighted by molar-refractivity contribution is 0.0786. The molecule has 0 bridgehead atoms. The Morgan fingerprint density at radius 2 is 2.00 bits per heavy atom. The van der Waals surface area contributed by atoms with Gasteiger partial charge >= 0.3 is 0 Å². The number of carbonyl (C=O) groups excluding carboxylic acids is 1. The third-order valence-electron chi connectivity index (χ3n) is 4.85. The molecule has 0 unspecified atom stereocenters. The number of benzene rings is 2. The van der Waals surface area contributed by atoms with Crippen LogP contribution in [0.1, 0.15) is 27.4 Å². The molecule has 1 aliphatic heterocycles. The summed E-state index contributed by atoms with van der Waals surface area (Å²) in [4.78, 5) is 14.8. The highest BCUT2D eigenvalue weighted by Gasteiger charge is 2.35. The van der Waals surface area contributed by atoms with Crippen LogP contribution in [0.25, 0.3) is 0 Å². The number of likely N-dealkylation sites (tertiary alicyclic amines) is 1. The largest absolute Gasteiger partial charge is 0.338 e. The number of halogens is 1. The molecule has 1 fully saturated rings. The first kappa shape index (κ1) is 18.0. The molecule has 0 aromatic heterocycles. The van der Waals surface area contributed by atoms with E-state index < -0.39 is 0 Å². The molecule has 2 atom stereocenters. The Kier molecular flexibility index (Phi) is 5.76. The third-order valence-corrected chi connectivity index (χ3v) is 5.45. The van der Waals surface area contributed by atoms with Crippen LogP contribution in [0.3, 0.4) is 0 Å². The summed E-state index contributed by atoms with van der Waals surface area (Å²) in [6, 6.07) is 14.9. The molecule has 1 heterocycles. The quantitative estimate of drug-likeness (QED) is 0.890. The van der Waals surface area contributed by atoms with Crippen molar-refractivity contribution in [3.05, 3.63) is 71.0 Å². The van der Waals surface area contributed by atoms with Crippen LogP contribution < -0.4 is 5.73 Å². The third kappa shape index (κ3) is 3.88. The van der Waals surface area contributed by atoms with Crippen LogP contribution in [0, 0.1) is 11.7 Å². The lowest BCUT2D eigenvalue weighted by Gasteiger charge is -2.17. The normalized spacial score (nSPS) is 20.0. The second-order valence-corrected chi connectivity index (χ2v) is 7.33. The maximum absolute atomic E-state index is 13.8. The first-order valence-electron chi connectivity index (χ1n) is 8.45. The molecule has 0 saturated carbocycles. The summed E-state index contributed by atoms with van der Waals surface area (Å²) in [6.07, 6.45) is 1.92. The molecule has 3 rings (SSSR count). The van der Waals surface area contributed by atoms with Crippen molar-refractivity contribution in [1.82, 2.24) is 4.90 Å². The fourth-order valence-corrected chi connectivity index (χ4v) is 4.04. The van der Waals surface area contributed by atoms with Crippen LogP contribution in [0.15, 0.2) is 48.5 Å². The number of rotatable bonds is 5. The minimum Gasteiger partial charge on any atom is -0.338 e. The molecule has 5 heteroatoms. The maximum Gasteiger partial charge on any atom is 0.253 e. The van der Waals surface area contributed by atoms with Gasteiger partial charge in [0.2, 0.25) is 0 Å². The molecule has 2 aromatic rings. The van der Waals surface area contributed by atoms with E-state index in [2.05, 4.69) is 12.1 Å². The van der Waals surface area contributed by atoms with Crippen LogP contribution in [-0.2, 0) is 5.75 Å². The van der Waals surface area contributed by atoms with E-state index in [0.29, 0.717) is 36.5 Å². The van der Waals surface area contributed by atoms with Gasteiger partial charge in [-0.15, -0.1) is 0 Å². The zero-order valence-electron chi connectivity index (χ0n) is 14.3. The highest BCUT2D eigenvalue weighted by atomic mass is 32.2. The predicted molar refractivity (Wildman–Crippen MR) is 101 cm³/mol. The van der Waals surface area contributed by atoms with E-state index in [1.165, 1.54) is 11.6 Å². The average molecular weight is 358 g/mol. The molecule has 1 aliphatic rings. The lowest BCUT2D eigenvalue weighted by atomic mass is 9.89. The molecular formula is C20H23FN2OS. The molecule has 1 amide bonds. The number of thioether (sulfide) groups is 1. The Balaban J connectivity index is 1.80. The first-order chi connectivity index (χ1) is 12.1. The fourth-order valence-electron chi connectivity index (χ4n) is 3.51. The van der Waals surface area contributed by atoms with Crippen LogP contribution in [0.4, 0.5) is 4.39 Å². The molecule has 1 saturated heterocycles. The van der Waals surface area contributed by atoms with E-state index in [1.54, 1.807) is 23.9 Å². The monoisotopic (exact) mass is 358 g/mol. The van der Waals surface area contributed by atoms with E-state index in [1.807, 2.05) is 29.4 Å². The van der Waals surface area contributed by atoms with Gasteiger partial charge in [0, 0.05) is 30.3 Å². The summed E-state index contributed by atoms with van der Waals surface area (Å²) in [5.74, 6) is 0.762. The second kappa shape index (κ2) is 8.02. The lowest BCUT2D eigenvalue weighted by Crippen LogP contribution is -2.30.